The number of unbranched alkanes of at least 4 members (excludes halogenated alkanes) is 2. The Morgan fingerprint density at radius 1 is 1.07 bits per heavy atom. The first-order valence-electron chi connectivity index (χ1n) is 11.7. The average Bonchev–Trinajstić information content (AvgIpc) is 2.70. The van der Waals surface area contributed by atoms with Gasteiger partial charge in [-0.3, -0.25) is 0 Å². The summed E-state index contributed by atoms with van der Waals surface area (Å²) < 4.78 is 0. The van der Waals surface area contributed by atoms with Crippen molar-refractivity contribution in [2.24, 2.45) is 5.41 Å². The predicted molar refractivity (Wildman–Crippen MR) is 123 cm³/mol. The number of rotatable bonds is 12. The lowest BCUT2D eigenvalue weighted by molar-refractivity contribution is 0.103. The van der Waals surface area contributed by atoms with Gasteiger partial charge in [0.1, 0.15) is 5.82 Å². The second-order valence-corrected chi connectivity index (χ2v) is 8.75. The minimum absolute atomic E-state index is 0.581. The van der Waals surface area contributed by atoms with Crippen LogP contribution in [0.3, 0.4) is 0 Å². The van der Waals surface area contributed by atoms with Gasteiger partial charge >= 0.3 is 0 Å². The van der Waals surface area contributed by atoms with Gasteiger partial charge in [0.05, 0.1) is 0 Å². The molecule has 0 radical (unpaired) electrons. The number of hydrogen-bond donors (Lipinski definition) is 1. The third-order valence-electron chi connectivity index (χ3n) is 6.54. The average molecular weight is 386 g/mol. The van der Waals surface area contributed by atoms with E-state index in [9.17, 15) is 0 Å². The molecule has 1 aliphatic rings. The van der Waals surface area contributed by atoms with Crippen molar-refractivity contribution >= 4 is 5.82 Å². The lowest BCUT2D eigenvalue weighted by Crippen LogP contribution is -2.39. The highest BCUT2D eigenvalue weighted by Crippen LogP contribution is 2.41. The quantitative estimate of drug-likeness (QED) is 0.411. The first-order chi connectivity index (χ1) is 13.6. The topological polar surface area (TPSA) is 28.2 Å². The van der Waals surface area contributed by atoms with Crippen molar-refractivity contribution in [1.29, 1.82) is 0 Å². The maximum absolute atomic E-state index is 4.89. The van der Waals surface area contributed by atoms with Crippen LogP contribution >= 0.6 is 0 Å². The highest BCUT2D eigenvalue weighted by Gasteiger charge is 2.33. The molecule has 0 bridgehead atoms. The maximum atomic E-state index is 4.89. The van der Waals surface area contributed by atoms with Gasteiger partial charge < -0.3 is 10.2 Å². The van der Waals surface area contributed by atoms with E-state index in [4.69, 9.17) is 4.98 Å². The van der Waals surface area contributed by atoms with Crippen LogP contribution in [0.5, 0.6) is 0 Å². The largest absolute Gasteiger partial charge is 0.375 e. The molecule has 0 unspecified atom stereocenters. The molecule has 3 heteroatoms. The van der Waals surface area contributed by atoms with Crippen molar-refractivity contribution in [2.45, 2.75) is 91.4 Å². The highest BCUT2D eigenvalue weighted by molar-refractivity contribution is 5.45. The molecule has 1 aromatic heterocycles. The molecule has 2 heterocycles. The van der Waals surface area contributed by atoms with Crippen molar-refractivity contribution in [3.05, 3.63) is 35.7 Å². The maximum Gasteiger partial charge on any atom is 0.129 e. The number of piperidine rings is 1. The van der Waals surface area contributed by atoms with E-state index in [0.29, 0.717) is 5.41 Å². The summed E-state index contributed by atoms with van der Waals surface area (Å²) in [5.74, 6) is 1.05. The summed E-state index contributed by atoms with van der Waals surface area (Å²) in [5, 5.41) is 3.30. The third kappa shape index (κ3) is 6.25. The van der Waals surface area contributed by atoms with Crippen molar-refractivity contribution in [1.82, 2.24) is 9.88 Å². The number of pyridine rings is 1. The molecule has 1 aliphatic heterocycles. The van der Waals surface area contributed by atoms with Gasteiger partial charge in [0.25, 0.3) is 0 Å². The Kier molecular flexibility index (Phi) is 9.34. The second-order valence-electron chi connectivity index (χ2n) is 8.75. The van der Waals surface area contributed by atoms with Crippen molar-refractivity contribution in [3.8, 4) is 0 Å². The Labute approximate surface area is 174 Å². The summed E-state index contributed by atoms with van der Waals surface area (Å²) in [5.41, 5.74) is 4.28. The van der Waals surface area contributed by atoms with Crippen LogP contribution in [0, 0.1) is 5.41 Å². The molecule has 0 amide bonds. The van der Waals surface area contributed by atoms with Crippen molar-refractivity contribution in [3.63, 3.8) is 0 Å². The minimum atomic E-state index is 0.581. The normalized spacial score (nSPS) is 16.2. The summed E-state index contributed by atoms with van der Waals surface area (Å²) >= 11 is 0. The zero-order chi connectivity index (χ0) is 20.4. The van der Waals surface area contributed by atoms with Crippen LogP contribution in [-0.4, -0.2) is 30.0 Å². The second kappa shape index (κ2) is 11.5. The smallest absolute Gasteiger partial charge is 0.129 e. The molecule has 0 saturated carbocycles. The van der Waals surface area contributed by atoms with Crippen LogP contribution in [0.1, 0.15) is 89.8 Å². The van der Waals surface area contributed by atoms with Gasteiger partial charge in [0.2, 0.25) is 0 Å². The Bertz CT molecular complexity index is 592. The minimum Gasteiger partial charge on any atom is -0.375 e. The Hall–Kier alpha value is -1.51. The standard InChI is InChI=1S/C25H43N3/c1-6-9-10-11-22-12-13-23(27-24(22)26-5)20-21(4)28-18-16-25(14-7-2,15-8-3)17-19-28/h12-13H,4,6-11,14-20H2,1-3,5H3,(H,26,27). The fourth-order valence-electron chi connectivity index (χ4n) is 4.91. The number of nitrogens with one attached hydrogen (secondary N) is 1. The number of aryl methyl sites for hydroxylation is 1. The van der Waals surface area contributed by atoms with Gasteiger partial charge in [0, 0.05) is 37.9 Å². The van der Waals surface area contributed by atoms with Gasteiger partial charge in [-0.25, -0.2) is 4.98 Å². The molecule has 1 fully saturated rings. The van der Waals surface area contributed by atoms with E-state index in [2.05, 4.69) is 49.7 Å². The number of nitrogens with zero attached hydrogens (tertiary/aromatic N) is 2. The van der Waals surface area contributed by atoms with Crippen LogP contribution in [-0.2, 0) is 12.8 Å². The molecule has 0 atom stereocenters. The summed E-state index contributed by atoms with van der Waals surface area (Å²) in [6.07, 6.45) is 13.8. The molecule has 1 aromatic rings. The zero-order valence-electron chi connectivity index (χ0n) is 18.9. The first kappa shape index (κ1) is 22.8. The molecule has 0 aliphatic carbocycles. The summed E-state index contributed by atoms with van der Waals surface area (Å²) in [7, 11) is 1.98. The first-order valence-corrected chi connectivity index (χ1v) is 11.7. The van der Waals surface area contributed by atoms with Gasteiger partial charge in [-0.05, 0) is 55.6 Å². The van der Waals surface area contributed by atoms with Crippen LogP contribution in [0.2, 0.25) is 0 Å². The monoisotopic (exact) mass is 385 g/mol. The summed E-state index contributed by atoms with van der Waals surface area (Å²) in [6.45, 7) is 13.7. The van der Waals surface area contributed by atoms with E-state index in [1.165, 1.54) is 69.0 Å². The number of likely N-dealkylation sites (tertiary alicyclic amines) is 1. The van der Waals surface area contributed by atoms with Crippen molar-refractivity contribution in [2.75, 3.05) is 25.5 Å². The van der Waals surface area contributed by atoms with Gasteiger partial charge in [0.15, 0.2) is 0 Å². The van der Waals surface area contributed by atoms with E-state index in [1.807, 2.05) is 7.05 Å². The van der Waals surface area contributed by atoms with Gasteiger partial charge in [-0.2, -0.15) is 0 Å². The predicted octanol–water partition coefficient (Wildman–Crippen LogP) is 6.59. The summed E-state index contributed by atoms with van der Waals surface area (Å²) in [4.78, 5) is 7.41. The molecular weight excluding hydrogens is 342 g/mol. The number of aromatic nitrogens is 1. The number of hydrogen-bond acceptors (Lipinski definition) is 3. The van der Waals surface area contributed by atoms with E-state index >= 15 is 0 Å². The Balaban J connectivity index is 1.94. The molecule has 1 N–H and O–H groups in total. The lowest BCUT2D eigenvalue weighted by Gasteiger charge is -2.43. The fraction of sp³-hybridized carbons (Fsp3) is 0.720. The molecular formula is C25H43N3. The molecule has 3 nitrogen and oxygen atoms in total. The van der Waals surface area contributed by atoms with E-state index in [-0.39, 0.29) is 0 Å². The molecule has 1 saturated heterocycles. The van der Waals surface area contributed by atoms with E-state index in [0.717, 1.165) is 37.4 Å². The Morgan fingerprint density at radius 2 is 1.75 bits per heavy atom. The van der Waals surface area contributed by atoms with Crippen LogP contribution in [0.25, 0.3) is 0 Å². The molecule has 158 valence electrons. The van der Waals surface area contributed by atoms with Crippen LogP contribution < -0.4 is 5.32 Å². The molecule has 28 heavy (non-hydrogen) atoms. The Morgan fingerprint density at radius 3 is 2.32 bits per heavy atom. The zero-order valence-corrected chi connectivity index (χ0v) is 18.9. The van der Waals surface area contributed by atoms with Gasteiger partial charge in [-0.15, -0.1) is 0 Å². The highest BCUT2D eigenvalue weighted by atomic mass is 15.1. The van der Waals surface area contributed by atoms with E-state index < -0.39 is 0 Å². The number of anilines is 1. The van der Waals surface area contributed by atoms with Crippen molar-refractivity contribution < 1.29 is 0 Å². The van der Waals surface area contributed by atoms with Gasteiger partial charge in [-0.1, -0.05) is 59.1 Å². The number of allylic oxidation sites excluding steroid dienone is 1. The lowest BCUT2D eigenvalue weighted by atomic mass is 9.72. The fourth-order valence-corrected chi connectivity index (χ4v) is 4.91. The molecule has 0 spiro atoms. The van der Waals surface area contributed by atoms with Crippen LogP contribution in [0.4, 0.5) is 5.82 Å². The molecule has 0 aromatic carbocycles. The van der Waals surface area contributed by atoms with E-state index in [1.54, 1.807) is 0 Å². The third-order valence-corrected chi connectivity index (χ3v) is 6.54. The SMILES string of the molecule is C=C(Cc1ccc(CCCCC)c(NC)n1)N1CCC(CCC)(CCC)CC1. The summed E-state index contributed by atoms with van der Waals surface area (Å²) in [6, 6.07) is 4.47. The molecule has 2 rings (SSSR count). The van der Waals surface area contributed by atoms with Crippen LogP contribution in [0.15, 0.2) is 24.4 Å².